The quantitative estimate of drug-likeness (QED) is 0.811. The van der Waals surface area contributed by atoms with Crippen LogP contribution in [0, 0.1) is 0 Å². The lowest BCUT2D eigenvalue weighted by atomic mass is 9.91. The molecule has 0 unspecified atom stereocenters. The molecule has 2 N–H and O–H groups in total. The van der Waals surface area contributed by atoms with Crippen molar-refractivity contribution in [3.8, 4) is 0 Å². The molecule has 1 aliphatic rings. The Morgan fingerprint density at radius 3 is 2.53 bits per heavy atom. The second kappa shape index (κ2) is 5.31. The van der Waals surface area contributed by atoms with Crippen molar-refractivity contribution in [1.82, 2.24) is 20.4 Å². The highest BCUT2D eigenvalue weighted by atomic mass is 16.2. The minimum Gasteiger partial charge on any atom is -0.348 e. The Hall–Kier alpha value is -1.36. The van der Waals surface area contributed by atoms with Crippen molar-refractivity contribution >= 4 is 5.91 Å². The molecule has 1 aromatic heterocycles. The van der Waals surface area contributed by atoms with Crippen LogP contribution in [0.4, 0.5) is 0 Å². The fourth-order valence-corrected chi connectivity index (χ4v) is 2.38. The van der Waals surface area contributed by atoms with Crippen molar-refractivity contribution in [3.63, 3.8) is 0 Å². The van der Waals surface area contributed by atoms with Crippen LogP contribution in [0.2, 0.25) is 0 Å². The van der Waals surface area contributed by atoms with Gasteiger partial charge in [0.2, 0.25) is 0 Å². The van der Waals surface area contributed by atoms with Gasteiger partial charge in [0.1, 0.15) is 5.69 Å². The van der Waals surface area contributed by atoms with Gasteiger partial charge in [-0.15, -0.1) is 0 Å². The van der Waals surface area contributed by atoms with E-state index >= 15 is 0 Å². The molecule has 0 saturated heterocycles. The van der Waals surface area contributed by atoms with Gasteiger partial charge in [0, 0.05) is 25.3 Å². The van der Waals surface area contributed by atoms with Crippen LogP contribution >= 0.6 is 0 Å². The van der Waals surface area contributed by atoms with E-state index < -0.39 is 0 Å². The molecule has 1 aromatic rings. The van der Waals surface area contributed by atoms with Crippen molar-refractivity contribution < 1.29 is 4.79 Å². The molecule has 0 atom stereocenters. The van der Waals surface area contributed by atoms with E-state index in [1.54, 1.807) is 24.0 Å². The Balaban J connectivity index is 1.86. The van der Waals surface area contributed by atoms with Gasteiger partial charge in [0.25, 0.3) is 5.91 Å². The first-order chi connectivity index (χ1) is 8.20. The van der Waals surface area contributed by atoms with Crippen LogP contribution in [-0.2, 0) is 7.05 Å². The molecule has 5 nitrogen and oxygen atoms in total. The zero-order chi connectivity index (χ0) is 12.3. The van der Waals surface area contributed by atoms with E-state index in [4.69, 9.17) is 0 Å². The van der Waals surface area contributed by atoms with Crippen LogP contribution in [-0.4, -0.2) is 34.8 Å². The first-order valence-corrected chi connectivity index (χ1v) is 6.17. The number of nitrogens with zero attached hydrogens (tertiary/aromatic N) is 2. The topological polar surface area (TPSA) is 58.9 Å². The van der Waals surface area contributed by atoms with Gasteiger partial charge in [-0.05, 0) is 38.8 Å². The number of aromatic nitrogens is 2. The summed E-state index contributed by atoms with van der Waals surface area (Å²) in [4.78, 5) is 12.0. The van der Waals surface area contributed by atoms with Crippen molar-refractivity contribution in [1.29, 1.82) is 0 Å². The third-order valence-corrected chi connectivity index (χ3v) is 3.52. The molecule has 1 saturated carbocycles. The average molecular weight is 236 g/mol. The number of hydrogen-bond acceptors (Lipinski definition) is 3. The van der Waals surface area contributed by atoms with E-state index in [0.29, 0.717) is 17.8 Å². The zero-order valence-electron chi connectivity index (χ0n) is 10.4. The zero-order valence-corrected chi connectivity index (χ0v) is 10.4. The molecular formula is C12H20N4O. The summed E-state index contributed by atoms with van der Waals surface area (Å²) in [5.74, 6) is -0.0158. The predicted molar refractivity (Wildman–Crippen MR) is 65.8 cm³/mol. The maximum Gasteiger partial charge on any atom is 0.269 e. The van der Waals surface area contributed by atoms with E-state index in [1.165, 1.54) is 0 Å². The highest BCUT2D eigenvalue weighted by Crippen LogP contribution is 2.18. The van der Waals surface area contributed by atoms with E-state index in [0.717, 1.165) is 25.7 Å². The number of carbonyl (C=O) groups excluding carboxylic acids is 1. The number of rotatable bonds is 3. The number of nitrogens with one attached hydrogen (secondary N) is 2. The summed E-state index contributed by atoms with van der Waals surface area (Å²) >= 11 is 0. The van der Waals surface area contributed by atoms with Crippen LogP contribution in [0.5, 0.6) is 0 Å². The van der Waals surface area contributed by atoms with Gasteiger partial charge in [-0.3, -0.25) is 9.48 Å². The standard InChI is InChI=1S/C12H20N4O/c1-13-9-3-5-10(6-4-9)15-12(17)11-7-8-14-16(11)2/h7-10,13H,3-6H2,1-2H3,(H,15,17). The summed E-state index contributed by atoms with van der Waals surface area (Å²) in [6.07, 6.45) is 6.01. The first-order valence-electron chi connectivity index (χ1n) is 6.17. The molecule has 0 aromatic carbocycles. The van der Waals surface area contributed by atoms with Crippen LogP contribution < -0.4 is 10.6 Å². The third kappa shape index (κ3) is 2.85. The van der Waals surface area contributed by atoms with Gasteiger partial charge in [-0.2, -0.15) is 5.10 Å². The molecule has 5 heteroatoms. The summed E-state index contributed by atoms with van der Waals surface area (Å²) in [6.45, 7) is 0. The minimum absolute atomic E-state index is 0.0158. The van der Waals surface area contributed by atoms with Crippen LogP contribution in [0.15, 0.2) is 12.3 Å². The number of hydrogen-bond donors (Lipinski definition) is 2. The van der Waals surface area contributed by atoms with Gasteiger partial charge < -0.3 is 10.6 Å². The Morgan fingerprint density at radius 1 is 1.35 bits per heavy atom. The highest BCUT2D eigenvalue weighted by molar-refractivity contribution is 5.92. The number of aryl methyl sites for hydroxylation is 1. The largest absolute Gasteiger partial charge is 0.348 e. The highest BCUT2D eigenvalue weighted by Gasteiger charge is 2.22. The fraction of sp³-hybridized carbons (Fsp3) is 0.667. The van der Waals surface area contributed by atoms with Crippen molar-refractivity contribution in [2.24, 2.45) is 7.05 Å². The van der Waals surface area contributed by atoms with E-state index in [-0.39, 0.29) is 5.91 Å². The Bertz CT molecular complexity index is 380. The Kier molecular flexibility index (Phi) is 3.78. The van der Waals surface area contributed by atoms with E-state index in [2.05, 4.69) is 15.7 Å². The summed E-state index contributed by atoms with van der Waals surface area (Å²) in [6, 6.07) is 2.66. The monoisotopic (exact) mass is 236 g/mol. The first kappa shape index (κ1) is 12.1. The summed E-state index contributed by atoms with van der Waals surface area (Å²) in [5, 5.41) is 10.4. The van der Waals surface area contributed by atoms with Gasteiger partial charge in [-0.25, -0.2) is 0 Å². The van der Waals surface area contributed by atoms with Crippen molar-refractivity contribution in [2.45, 2.75) is 37.8 Å². The molecular weight excluding hydrogens is 216 g/mol. The Labute approximate surface area is 102 Å². The lowest BCUT2D eigenvalue weighted by Gasteiger charge is -2.28. The summed E-state index contributed by atoms with van der Waals surface area (Å²) in [5.41, 5.74) is 0.626. The normalized spacial score (nSPS) is 24.6. The number of amides is 1. The maximum atomic E-state index is 12.0. The van der Waals surface area contributed by atoms with Crippen molar-refractivity contribution in [3.05, 3.63) is 18.0 Å². The maximum absolute atomic E-state index is 12.0. The van der Waals surface area contributed by atoms with E-state index in [1.807, 2.05) is 7.05 Å². The molecule has 1 aliphatic carbocycles. The Morgan fingerprint density at radius 2 is 2.00 bits per heavy atom. The molecule has 2 rings (SSSR count). The second-order valence-corrected chi connectivity index (χ2v) is 4.65. The van der Waals surface area contributed by atoms with Gasteiger partial charge in [0.15, 0.2) is 0 Å². The predicted octanol–water partition coefficient (Wildman–Crippen LogP) is 0.680. The molecule has 0 radical (unpaired) electrons. The summed E-state index contributed by atoms with van der Waals surface area (Å²) < 4.78 is 1.61. The third-order valence-electron chi connectivity index (χ3n) is 3.52. The molecule has 0 aliphatic heterocycles. The minimum atomic E-state index is -0.0158. The van der Waals surface area contributed by atoms with Gasteiger partial charge >= 0.3 is 0 Å². The lowest BCUT2D eigenvalue weighted by Crippen LogP contribution is -2.41. The molecule has 0 bridgehead atoms. The molecule has 17 heavy (non-hydrogen) atoms. The SMILES string of the molecule is CNC1CCC(NC(=O)c2ccnn2C)CC1. The molecule has 1 heterocycles. The molecule has 0 spiro atoms. The van der Waals surface area contributed by atoms with Gasteiger partial charge in [0.05, 0.1) is 0 Å². The summed E-state index contributed by atoms with van der Waals surface area (Å²) in [7, 11) is 3.78. The molecule has 1 amide bonds. The van der Waals surface area contributed by atoms with Crippen LogP contribution in [0.25, 0.3) is 0 Å². The van der Waals surface area contributed by atoms with Crippen molar-refractivity contribution in [2.75, 3.05) is 7.05 Å². The lowest BCUT2D eigenvalue weighted by molar-refractivity contribution is 0.0915. The van der Waals surface area contributed by atoms with Gasteiger partial charge in [-0.1, -0.05) is 0 Å². The fourth-order valence-electron chi connectivity index (χ4n) is 2.38. The van der Waals surface area contributed by atoms with E-state index in [9.17, 15) is 4.79 Å². The average Bonchev–Trinajstić information content (AvgIpc) is 2.76. The van der Waals surface area contributed by atoms with Crippen LogP contribution in [0.1, 0.15) is 36.2 Å². The second-order valence-electron chi connectivity index (χ2n) is 4.65. The smallest absolute Gasteiger partial charge is 0.269 e. The molecule has 1 fully saturated rings. The van der Waals surface area contributed by atoms with Crippen LogP contribution in [0.3, 0.4) is 0 Å². The molecule has 94 valence electrons. The number of carbonyl (C=O) groups is 1.